The van der Waals surface area contributed by atoms with E-state index in [2.05, 4.69) is 20.3 Å². The van der Waals surface area contributed by atoms with Crippen LogP contribution < -0.4 is 22.5 Å². The largest absolute Gasteiger partial charge is 0.379 e. The average Bonchev–Trinajstić information content (AvgIpc) is 2.59. The number of aromatic nitrogens is 4. The first kappa shape index (κ1) is 14.4. The van der Waals surface area contributed by atoms with Gasteiger partial charge in [0.15, 0.2) is 11.2 Å². The lowest BCUT2D eigenvalue weighted by Gasteiger charge is -2.07. The van der Waals surface area contributed by atoms with Crippen LogP contribution >= 0.6 is 0 Å². The number of hydrogen-bond donors (Lipinski definition) is 3. The number of carbonyl (C=O) groups is 1. The second-order valence-corrected chi connectivity index (χ2v) is 4.77. The van der Waals surface area contributed by atoms with Gasteiger partial charge in [-0.15, -0.1) is 0 Å². The molecule has 0 bridgehead atoms. The van der Waals surface area contributed by atoms with Gasteiger partial charge >= 0.3 is 5.56 Å². The first-order valence-electron chi connectivity index (χ1n) is 6.67. The number of carbonyl (C=O) groups excluding carboxylic acids is 1. The Labute approximate surface area is 130 Å². The molecular weight excluding hydrogens is 298 g/mol. The minimum atomic E-state index is -0.558. The molecule has 2 heterocycles. The average molecular weight is 311 g/mol. The highest BCUT2D eigenvalue weighted by molar-refractivity contribution is 5.75. The zero-order valence-corrected chi connectivity index (χ0v) is 11.9. The molecule has 2 aromatic heterocycles. The smallest absolute Gasteiger partial charge is 0.301 e. The Morgan fingerprint density at radius 1 is 1.22 bits per heavy atom. The van der Waals surface area contributed by atoms with Gasteiger partial charge in [0.25, 0.3) is 0 Å². The lowest BCUT2D eigenvalue weighted by molar-refractivity contribution is 0.112. The lowest BCUT2D eigenvalue weighted by Crippen LogP contribution is -2.31. The number of rotatable bonds is 4. The Kier molecular flexibility index (Phi) is 3.59. The van der Waals surface area contributed by atoms with E-state index in [1.54, 1.807) is 24.3 Å². The maximum absolute atomic E-state index is 12.0. The number of nitrogens with two attached hydrogens (primary N) is 2. The minimum Gasteiger partial charge on any atom is -0.379 e. The number of nitrogens with zero attached hydrogens (tertiary/aromatic N) is 4. The summed E-state index contributed by atoms with van der Waals surface area (Å²) in [5.41, 5.74) is 7.09. The van der Waals surface area contributed by atoms with Crippen molar-refractivity contribution in [2.24, 2.45) is 0 Å². The summed E-state index contributed by atoms with van der Waals surface area (Å²) in [6.07, 6.45) is 2.27. The highest BCUT2D eigenvalue weighted by Crippen LogP contribution is 2.10. The molecule has 0 aliphatic carbocycles. The molecule has 0 amide bonds. The summed E-state index contributed by atoms with van der Waals surface area (Å²) in [6, 6.07) is 6.93. The second-order valence-electron chi connectivity index (χ2n) is 4.77. The molecule has 0 radical (unpaired) electrons. The number of anilines is 2. The predicted octanol–water partition coefficient (Wildman–Crippen LogP) is -0.0929. The van der Waals surface area contributed by atoms with Crippen molar-refractivity contribution >= 4 is 29.1 Å². The van der Waals surface area contributed by atoms with E-state index in [0.717, 1.165) is 16.6 Å². The first-order valence-corrected chi connectivity index (χ1v) is 6.67. The summed E-state index contributed by atoms with van der Waals surface area (Å²) in [7, 11) is 0. The van der Waals surface area contributed by atoms with E-state index in [0.29, 0.717) is 17.8 Å². The van der Waals surface area contributed by atoms with E-state index >= 15 is 0 Å². The van der Waals surface area contributed by atoms with Crippen LogP contribution in [0, 0.1) is 0 Å². The molecule has 5 N–H and O–H groups in total. The first-order chi connectivity index (χ1) is 11.1. The Morgan fingerprint density at radius 3 is 2.65 bits per heavy atom. The molecule has 9 heteroatoms. The molecule has 0 aliphatic heterocycles. The molecule has 0 atom stereocenters. The number of fused-ring (bicyclic) bond motifs is 1. The molecule has 3 aromatic rings. The topological polar surface area (TPSA) is 142 Å². The van der Waals surface area contributed by atoms with Gasteiger partial charge in [0, 0.05) is 11.3 Å². The van der Waals surface area contributed by atoms with Gasteiger partial charge in [-0.25, -0.2) is 9.97 Å². The summed E-state index contributed by atoms with van der Waals surface area (Å²) >= 11 is 0. The zero-order chi connectivity index (χ0) is 16.4. The van der Waals surface area contributed by atoms with E-state index in [1.165, 1.54) is 6.20 Å². The van der Waals surface area contributed by atoms with Gasteiger partial charge in [-0.05, 0) is 24.3 Å². The van der Waals surface area contributed by atoms with Gasteiger partial charge in [-0.3, -0.25) is 9.59 Å². The molecule has 0 aliphatic rings. The van der Waals surface area contributed by atoms with Crippen molar-refractivity contribution in [2.45, 2.75) is 6.54 Å². The fourth-order valence-electron chi connectivity index (χ4n) is 1.98. The lowest BCUT2D eigenvalue weighted by atomic mass is 10.2. The third kappa shape index (κ3) is 2.79. The molecule has 9 nitrogen and oxygen atoms in total. The van der Waals surface area contributed by atoms with Gasteiger partial charge in [0.1, 0.15) is 6.29 Å². The third-order valence-electron chi connectivity index (χ3n) is 3.21. The van der Waals surface area contributed by atoms with Gasteiger partial charge < -0.3 is 16.9 Å². The van der Waals surface area contributed by atoms with E-state index in [1.807, 2.05) is 0 Å². The van der Waals surface area contributed by atoms with Crippen LogP contribution in [-0.4, -0.2) is 25.9 Å². The van der Waals surface area contributed by atoms with Gasteiger partial charge in [-0.1, -0.05) is 0 Å². The molecule has 0 spiro atoms. The van der Waals surface area contributed by atoms with Crippen LogP contribution in [0.3, 0.4) is 0 Å². The van der Waals surface area contributed by atoms with Gasteiger partial charge in [0.05, 0.1) is 18.4 Å². The maximum Gasteiger partial charge on any atom is 0.301 e. The summed E-state index contributed by atoms with van der Waals surface area (Å²) < 4.78 is 0.729. The second kappa shape index (κ2) is 5.72. The van der Waals surface area contributed by atoms with E-state index in [9.17, 15) is 9.59 Å². The van der Waals surface area contributed by atoms with Crippen molar-refractivity contribution in [3.05, 3.63) is 52.1 Å². The highest BCUT2D eigenvalue weighted by atomic mass is 16.1. The summed E-state index contributed by atoms with van der Waals surface area (Å²) in [5.74, 6) is 5.37. The molecule has 0 fully saturated rings. The normalized spacial score (nSPS) is 10.6. The molecule has 1 aromatic carbocycles. The Bertz CT molecular complexity index is 934. The van der Waals surface area contributed by atoms with Crippen molar-refractivity contribution in [1.29, 1.82) is 0 Å². The van der Waals surface area contributed by atoms with Crippen LogP contribution in [0.25, 0.3) is 11.2 Å². The molecule has 3 rings (SSSR count). The van der Waals surface area contributed by atoms with Crippen LogP contribution in [0.5, 0.6) is 0 Å². The molecular formula is C14H13N7O2. The van der Waals surface area contributed by atoms with E-state index < -0.39 is 5.56 Å². The van der Waals surface area contributed by atoms with Crippen molar-refractivity contribution in [3.8, 4) is 0 Å². The van der Waals surface area contributed by atoms with Gasteiger partial charge in [0.2, 0.25) is 5.95 Å². The fraction of sp³-hybridized carbons (Fsp3) is 0.0714. The van der Waals surface area contributed by atoms with Crippen molar-refractivity contribution in [1.82, 2.24) is 19.6 Å². The molecule has 0 unspecified atom stereocenters. The molecule has 116 valence electrons. The highest BCUT2D eigenvalue weighted by Gasteiger charge is 2.10. The SMILES string of the molecule is Nc1nc2ncc(CNc3ccc(C=O)cc3)nc2c(=O)n1N. The minimum absolute atomic E-state index is 0.0531. The predicted molar refractivity (Wildman–Crippen MR) is 85.3 cm³/mol. The standard InChI is InChI=1S/C14H13N7O2/c15-14-20-12-11(13(23)21(14)16)19-10(6-18-12)5-17-9-3-1-8(7-22)2-4-9/h1-4,6-7,17H,5,16H2,(H2,15,18,20). The summed E-state index contributed by atoms with van der Waals surface area (Å²) in [6.45, 7) is 0.345. The van der Waals surface area contributed by atoms with Crippen molar-refractivity contribution in [3.63, 3.8) is 0 Å². The maximum atomic E-state index is 12.0. The number of nitrogen functional groups attached to an aromatic ring is 2. The van der Waals surface area contributed by atoms with Crippen LogP contribution in [-0.2, 0) is 6.54 Å². The van der Waals surface area contributed by atoms with Crippen LogP contribution in [0.15, 0.2) is 35.3 Å². The molecule has 23 heavy (non-hydrogen) atoms. The van der Waals surface area contributed by atoms with Crippen LogP contribution in [0.1, 0.15) is 16.1 Å². The Morgan fingerprint density at radius 2 is 1.96 bits per heavy atom. The molecule has 0 saturated carbocycles. The number of nitrogens with one attached hydrogen (secondary N) is 1. The Hall–Kier alpha value is -3.49. The monoisotopic (exact) mass is 311 g/mol. The summed E-state index contributed by atoms with van der Waals surface area (Å²) in [4.78, 5) is 34.8. The summed E-state index contributed by atoms with van der Waals surface area (Å²) in [5, 5.41) is 3.12. The number of benzene rings is 1. The van der Waals surface area contributed by atoms with Crippen LogP contribution in [0.2, 0.25) is 0 Å². The van der Waals surface area contributed by atoms with E-state index in [-0.39, 0.29) is 17.1 Å². The third-order valence-corrected chi connectivity index (χ3v) is 3.21. The number of hydrogen-bond acceptors (Lipinski definition) is 8. The van der Waals surface area contributed by atoms with E-state index in [4.69, 9.17) is 11.6 Å². The van der Waals surface area contributed by atoms with Crippen molar-refractivity contribution in [2.75, 3.05) is 16.9 Å². The van der Waals surface area contributed by atoms with Gasteiger partial charge in [-0.2, -0.15) is 9.66 Å². The quantitative estimate of drug-likeness (QED) is 0.448. The fourth-order valence-corrected chi connectivity index (χ4v) is 1.98. The van der Waals surface area contributed by atoms with Crippen molar-refractivity contribution < 1.29 is 4.79 Å². The van der Waals surface area contributed by atoms with Crippen LogP contribution in [0.4, 0.5) is 11.6 Å². The number of aldehydes is 1. The zero-order valence-electron chi connectivity index (χ0n) is 11.9. The Balaban J connectivity index is 1.85. The molecule has 0 saturated heterocycles.